The fourth-order valence-electron chi connectivity index (χ4n) is 2.06. The molecule has 6 nitrogen and oxygen atoms in total. The second-order valence-electron chi connectivity index (χ2n) is 4.66. The maximum atomic E-state index is 12.4. The van der Waals surface area contributed by atoms with Gasteiger partial charge in [0.15, 0.2) is 0 Å². The largest absolute Gasteiger partial charge is 0.497 e. The van der Waals surface area contributed by atoms with E-state index in [0.29, 0.717) is 12.2 Å². The molecule has 0 fully saturated rings. The molecule has 0 saturated carbocycles. The first-order valence-electron chi connectivity index (χ1n) is 6.59. The van der Waals surface area contributed by atoms with Crippen LogP contribution in [-0.2, 0) is 6.54 Å². The topological polar surface area (TPSA) is 61.9 Å². The van der Waals surface area contributed by atoms with E-state index in [0.717, 1.165) is 15.8 Å². The van der Waals surface area contributed by atoms with Gasteiger partial charge in [-0.3, -0.25) is 0 Å². The third kappa shape index (κ3) is 2.94. The van der Waals surface area contributed by atoms with Gasteiger partial charge >= 0.3 is 5.69 Å². The Morgan fingerprint density at radius 3 is 2.64 bits per heavy atom. The fraction of sp³-hybridized carbons (Fsp3) is 0.133. The number of halogens is 1. The number of tetrazole rings is 1. The first-order valence-corrected chi connectivity index (χ1v) is 7.38. The van der Waals surface area contributed by atoms with Gasteiger partial charge in [0.2, 0.25) is 0 Å². The highest BCUT2D eigenvalue weighted by molar-refractivity contribution is 9.10. The van der Waals surface area contributed by atoms with E-state index in [1.165, 1.54) is 9.36 Å². The van der Waals surface area contributed by atoms with Gasteiger partial charge in [0.25, 0.3) is 0 Å². The molecule has 1 aromatic heterocycles. The number of aromatic nitrogens is 4. The number of nitrogens with zero attached hydrogens (tertiary/aromatic N) is 4. The van der Waals surface area contributed by atoms with E-state index >= 15 is 0 Å². The maximum Gasteiger partial charge on any atom is 0.368 e. The lowest BCUT2D eigenvalue weighted by Crippen LogP contribution is -2.24. The van der Waals surface area contributed by atoms with Crippen LogP contribution in [-0.4, -0.2) is 26.9 Å². The van der Waals surface area contributed by atoms with E-state index in [1.807, 2.05) is 36.4 Å². The van der Waals surface area contributed by atoms with Crippen molar-refractivity contribution in [3.8, 4) is 11.4 Å². The second kappa shape index (κ2) is 6.15. The van der Waals surface area contributed by atoms with E-state index in [1.54, 1.807) is 19.2 Å². The van der Waals surface area contributed by atoms with E-state index in [9.17, 15) is 4.79 Å². The molecule has 22 heavy (non-hydrogen) atoms. The number of rotatable bonds is 4. The van der Waals surface area contributed by atoms with Crippen molar-refractivity contribution in [2.24, 2.45) is 0 Å². The van der Waals surface area contributed by atoms with Gasteiger partial charge in [-0.15, -0.1) is 0 Å². The van der Waals surface area contributed by atoms with Crippen molar-refractivity contribution in [2.45, 2.75) is 6.54 Å². The van der Waals surface area contributed by atoms with Crippen molar-refractivity contribution in [1.29, 1.82) is 0 Å². The summed E-state index contributed by atoms with van der Waals surface area (Å²) < 4.78 is 8.70. The first kappa shape index (κ1) is 14.5. The lowest BCUT2D eigenvalue weighted by Gasteiger charge is -2.03. The number of benzene rings is 2. The normalized spacial score (nSPS) is 10.6. The first-order chi connectivity index (χ1) is 10.7. The molecule has 3 aromatic rings. The summed E-state index contributed by atoms with van der Waals surface area (Å²) in [7, 11) is 1.61. The second-order valence-corrected chi connectivity index (χ2v) is 5.57. The molecule has 3 rings (SSSR count). The van der Waals surface area contributed by atoms with Crippen molar-refractivity contribution in [3.63, 3.8) is 0 Å². The molecule has 1 heterocycles. The quantitative estimate of drug-likeness (QED) is 0.715. The van der Waals surface area contributed by atoms with Gasteiger partial charge in [0.05, 0.1) is 19.3 Å². The van der Waals surface area contributed by atoms with Crippen LogP contribution in [0.5, 0.6) is 5.75 Å². The molecule has 0 unspecified atom stereocenters. The highest BCUT2D eigenvalue weighted by Crippen LogP contribution is 2.13. The molecule has 2 aromatic carbocycles. The molecule has 0 bridgehead atoms. The Morgan fingerprint density at radius 2 is 1.91 bits per heavy atom. The van der Waals surface area contributed by atoms with Crippen LogP contribution in [0.1, 0.15) is 5.56 Å². The smallest absolute Gasteiger partial charge is 0.368 e. The van der Waals surface area contributed by atoms with E-state index in [4.69, 9.17) is 4.74 Å². The highest BCUT2D eigenvalue weighted by Gasteiger charge is 2.09. The molecule has 0 N–H and O–H groups in total. The lowest BCUT2D eigenvalue weighted by molar-refractivity contribution is 0.414. The van der Waals surface area contributed by atoms with Gasteiger partial charge in [-0.2, -0.15) is 9.36 Å². The zero-order valence-corrected chi connectivity index (χ0v) is 13.4. The van der Waals surface area contributed by atoms with Gasteiger partial charge in [0, 0.05) is 4.47 Å². The number of ether oxygens (including phenoxy) is 1. The molecule has 0 saturated heterocycles. The number of hydrogen-bond donors (Lipinski definition) is 0. The Labute approximate surface area is 135 Å². The SMILES string of the molecule is COc1cccc(Cn2nnn(-c3ccc(Br)cc3)c2=O)c1. The van der Waals surface area contributed by atoms with Gasteiger partial charge in [-0.25, -0.2) is 4.79 Å². The molecular formula is C15H13BrN4O2. The van der Waals surface area contributed by atoms with E-state index < -0.39 is 0 Å². The summed E-state index contributed by atoms with van der Waals surface area (Å²) >= 11 is 3.36. The maximum absolute atomic E-state index is 12.4. The van der Waals surface area contributed by atoms with Crippen LogP contribution in [0.25, 0.3) is 5.69 Å². The molecule has 0 aliphatic carbocycles. The average Bonchev–Trinajstić information content (AvgIpc) is 2.89. The Kier molecular flexibility index (Phi) is 4.06. The van der Waals surface area contributed by atoms with Crippen LogP contribution < -0.4 is 10.4 Å². The van der Waals surface area contributed by atoms with E-state index in [-0.39, 0.29) is 5.69 Å². The summed E-state index contributed by atoms with van der Waals surface area (Å²) in [4.78, 5) is 12.4. The molecular weight excluding hydrogens is 348 g/mol. The minimum Gasteiger partial charge on any atom is -0.497 e. The molecule has 112 valence electrons. The lowest BCUT2D eigenvalue weighted by atomic mass is 10.2. The highest BCUT2D eigenvalue weighted by atomic mass is 79.9. The molecule has 0 amide bonds. The minimum atomic E-state index is -0.287. The molecule has 0 spiro atoms. The third-order valence-electron chi connectivity index (χ3n) is 3.18. The molecule has 0 atom stereocenters. The van der Waals surface area contributed by atoms with Crippen LogP contribution >= 0.6 is 15.9 Å². The van der Waals surface area contributed by atoms with Gasteiger partial charge in [-0.05, 0) is 52.4 Å². The van der Waals surface area contributed by atoms with Crippen LogP contribution in [0.15, 0.2) is 57.8 Å². The summed E-state index contributed by atoms with van der Waals surface area (Å²) in [5.74, 6) is 0.742. The van der Waals surface area contributed by atoms with Crippen molar-refractivity contribution >= 4 is 15.9 Å². The molecule has 7 heteroatoms. The van der Waals surface area contributed by atoms with Crippen molar-refractivity contribution in [1.82, 2.24) is 19.8 Å². The zero-order valence-electron chi connectivity index (χ0n) is 11.8. The predicted octanol–water partition coefficient (Wildman–Crippen LogP) is 2.25. The van der Waals surface area contributed by atoms with Gasteiger partial charge in [-0.1, -0.05) is 28.1 Å². The summed E-state index contributed by atoms with van der Waals surface area (Å²) in [6.07, 6.45) is 0. The van der Waals surface area contributed by atoms with Crippen molar-refractivity contribution in [2.75, 3.05) is 7.11 Å². The fourth-order valence-corrected chi connectivity index (χ4v) is 2.33. The van der Waals surface area contributed by atoms with Crippen molar-refractivity contribution in [3.05, 3.63) is 69.1 Å². The number of methoxy groups -OCH3 is 1. The standard InChI is InChI=1S/C15H13BrN4O2/c1-22-14-4-2-3-11(9-14)10-19-15(21)20(18-17-19)13-7-5-12(16)6-8-13/h2-9H,10H2,1H3. The Bertz CT molecular complexity index is 839. The zero-order chi connectivity index (χ0) is 15.5. The third-order valence-corrected chi connectivity index (χ3v) is 3.71. The summed E-state index contributed by atoms with van der Waals surface area (Å²) in [5.41, 5.74) is 1.31. The Morgan fingerprint density at radius 1 is 1.14 bits per heavy atom. The molecule has 0 aliphatic heterocycles. The van der Waals surface area contributed by atoms with Gasteiger partial charge < -0.3 is 4.74 Å². The summed E-state index contributed by atoms with van der Waals surface area (Å²) in [6.45, 7) is 0.340. The molecule has 0 aliphatic rings. The van der Waals surface area contributed by atoms with Crippen LogP contribution in [0, 0.1) is 0 Å². The Hall–Kier alpha value is -2.41. The summed E-state index contributed by atoms with van der Waals surface area (Å²) in [6, 6.07) is 14.8. The summed E-state index contributed by atoms with van der Waals surface area (Å²) in [5, 5.41) is 7.85. The van der Waals surface area contributed by atoms with Crippen LogP contribution in [0.2, 0.25) is 0 Å². The Balaban J connectivity index is 1.90. The monoisotopic (exact) mass is 360 g/mol. The number of hydrogen-bond acceptors (Lipinski definition) is 4. The van der Waals surface area contributed by atoms with E-state index in [2.05, 4.69) is 26.4 Å². The van der Waals surface area contributed by atoms with Crippen LogP contribution in [0.3, 0.4) is 0 Å². The average molecular weight is 361 g/mol. The van der Waals surface area contributed by atoms with Crippen molar-refractivity contribution < 1.29 is 4.74 Å². The molecule has 0 radical (unpaired) electrons. The predicted molar refractivity (Wildman–Crippen MR) is 85.4 cm³/mol. The van der Waals surface area contributed by atoms with Crippen LogP contribution in [0.4, 0.5) is 0 Å². The van der Waals surface area contributed by atoms with Gasteiger partial charge in [0.1, 0.15) is 5.75 Å². The minimum absolute atomic E-state index is 0.287.